The van der Waals surface area contributed by atoms with E-state index in [1.54, 1.807) is 0 Å². The van der Waals surface area contributed by atoms with Crippen molar-refractivity contribution in [2.75, 3.05) is 12.3 Å². The molecule has 172 valence electrons. The van der Waals surface area contributed by atoms with Gasteiger partial charge in [0.05, 0.1) is 5.70 Å². The van der Waals surface area contributed by atoms with E-state index in [4.69, 9.17) is 39.9 Å². The molecule has 0 aromatic carbocycles. The van der Waals surface area contributed by atoms with Crippen LogP contribution in [0, 0.1) is 0 Å². The molecular weight excluding hydrogens is 501 g/mol. The zero-order valence-electron chi connectivity index (χ0n) is 15.5. The van der Waals surface area contributed by atoms with Crippen LogP contribution in [0.1, 0.15) is 12.8 Å². The largest absolute Gasteiger partial charge is 0.505 e. The first kappa shape index (κ1) is 26.9. The summed E-state index contributed by atoms with van der Waals surface area (Å²) in [6, 6.07) is -2.61. The van der Waals surface area contributed by atoms with Crippen molar-refractivity contribution in [3.05, 3.63) is 21.5 Å². The molecule has 2 amide bonds. The van der Waals surface area contributed by atoms with Crippen molar-refractivity contribution in [2.24, 2.45) is 0 Å². The number of allylic oxidation sites excluding steroid dienone is 3. The molecule has 1 aliphatic carbocycles. The van der Waals surface area contributed by atoms with Gasteiger partial charge in [-0.3, -0.25) is 19.2 Å². The van der Waals surface area contributed by atoms with Gasteiger partial charge in [0.2, 0.25) is 11.8 Å². The van der Waals surface area contributed by atoms with Gasteiger partial charge < -0.3 is 31.3 Å². The minimum Gasteiger partial charge on any atom is -0.505 e. The highest BCUT2D eigenvalue weighted by molar-refractivity contribution is 7.80. The number of rotatable bonds is 11. The highest BCUT2D eigenvalue weighted by Gasteiger charge is 2.36. The van der Waals surface area contributed by atoms with Gasteiger partial charge in [-0.05, 0) is 6.42 Å². The van der Waals surface area contributed by atoms with E-state index in [-0.39, 0.29) is 24.3 Å². The summed E-state index contributed by atoms with van der Waals surface area (Å²) in [6.07, 6.45) is -0.722. The fourth-order valence-corrected chi connectivity index (χ4v) is 3.28. The molecule has 0 saturated heterocycles. The lowest BCUT2D eigenvalue weighted by Gasteiger charge is -2.25. The summed E-state index contributed by atoms with van der Waals surface area (Å²) < 4.78 is 0. The number of aliphatic hydroxyl groups is 1. The molecular formula is C16H18Cl3N3O8S. The Hall–Kier alpha value is -2.15. The van der Waals surface area contributed by atoms with E-state index in [1.165, 1.54) is 0 Å². The molecule has 0 saturated carbocycles. The summed E-state index contributed by atoms with van der Waals surface area (Å²) >= 11 is 21.2. The van der Waals surface area contributed by atoms with Crippen molar-refractivity contribution in [3.8, 4) is 0 Å². The van der Waals surface area contributed by atoms with E-state index in [2.05, 4.69) is 28.6 Å². The molecule has 0 bridgehead atoms. The van der Waals surface area contributed by atoms with Gasteiger partial charge in [-0.2, -0.15) is 12.6 Å². The smallest absolute Gasteiger partial charge is 0.326 e. The molecule has 0 fully saturated rings. The number of thiol groups is 1. The summed E-state index contributed by atoms with van der Waals surface area (Å²) in [7, 11) is 0. The molecule has 0 aromatic rings. The SMILES string of the molecule is O=C(O)CNC(=O)[C@H](CS)NC(=O)CC[C@H](NC1=C(O)C(Cl)=C(Cl)C(=O)C1Cl)C(=O)O. The Balaban J connectivity index is 2.79. The third-order valence-electron chi connectivity index (χ3n) is 3.89. The summed E-state index contributed by atoms with van der Waals surface area (Å²) in [6.45, 7) is -0.651. The Labute approximate surface area is 196 Å². The van der Waals surface area contributed by atoms with Gasteiger partial charge in [-0.15, -0.1) is 11.6 Å². The maximum absolute atomic E-state index is 12.1. The molecule has 0 heterocycles. The van der Waals surface area contributed by atoms with Crippen LogP contribution >= 0.6 is 47.4 Å². The third-order valence-corrected chi connectivity index (χ3v) is 5.51. The lowest BCUT2D eigenvalue weighted by atomic mass is 10.0. The summed E-state index contributed by atoms with van der Waals surface area (Å²) in [5.74, 6) is -5.89. The molecule has 0 aliphatic heterocycles. The third kappa shape index (κ3) is 7.49. The minimum atomic E-state index is -1.52. The number of aliphatic carboxylic acids is 2. The number of carbonyl (C=O) groups excluding carboxylic acids is 3. The Morgan fingerprint density at radius 3 is 2.23 bits per heavy atom. The van der Waals surface area contributed by atoms with Gasteiger partial charge in [0.15, 0.2) is 11.5 Å². The average molecular weight is 519 g/mol. The van der Waals surface area contributed by atoms with Gasteiger partial charge >= 0.3 is 11.9 Å². The highest BCUT2D eigenvalue weighted by Crippen LogP contribution is 2.33. The predicted molar refractivity (Wildman–Crippen MR) is 113 cm³/mol. The molecule has 1 unspecified atom stereocenters. The van der Waals surface area contributed by atoms with Crippen LogP contribution in [-0.2, 0) is 24.0 Å². The summed E-state index contributed by atoms with van der Waals surface area (Å²) in [5.41, 5.74) is -0.379. The van der Waals surface area contributed by atoms with Crippen LogP contribution in [0.15, 0.2) is 21.5 Å². The first-order chi connectivity index (χ1) is 14.4. The van der Waals surface area contributed by atoms with E-state index in [0.29, 0.717) is 0 Å². The Morgan fingerprint density at radius 2 is 1.71 bits per heavy atom. The van der Waals surface area contributed by atoms with E-state index in [9.17, 15) is 34.2 Å². The lowest BCUT2D eigenvalue weighted by molar-refractivity contribution is -0.139. The number of carboxylic acids is 2. The number of nitrogens with one attached hydrogen (secondary N) is 3. The van der Waals surface area contributed by atoms with Crippen molar-refractivity contribution >= 4 is 77.0 Å². The Morgan fingerprint density at radius 1 is 1.10 bits per heavy atom. The van der Waals surface area contributed by atoms with Gasteiger partial charge in [0.25, 0.3) is 0 Å². The van der Waals surface area contributed by atoms with Crippen LogP contribution in [0.25, 0.3) is 0 Å². The van der Waals surface area contributed by atoms with Gasteiger partial charge in [0, 0.05) is 12.2 Å². The fourth-order valence-electron chi connectivity index (χ4n) is 2.30. The molecule has 0 aromatic heterocycles. The van der Waals surface area contributed by atoms with E-state index < -0.39 is 69.4 Å². The fraction of sp³-hybridized carbons (Fsp3) is 0.438. The lowest BCUT2D eigenvalue weighted by Crippen LogP contribution is -2.49. The topological polar surface area (TPSA) is 182 Å². The molecule has 0 spiro atoms. The van der Waals surface area contributed by atoms with Crippen molar-refractivity contribution < 1.29 is 39.3 Å². The number of carbonyl (C=O) groups is 5. The van der Waals surface area contributed by atoms with Crippen molar-refractivity contribution in [2.45, 2.75) is 30.3 Å². The van der Waals surface area contributed by atoms with E-state index in [1.807, 2.05) is 0 Å². The van der Waals surface area contributed by atoms with Crippen LogP contribution in [-0.4, -0.2) is 74.6 Å². The second-order valence-corrected chi connectivity index (χ2v) is 7.66. The van der Waals surface area contributed by atoms with Crippen LogP contribution in [0.2, 0.25) is 0 Å². The van der Waals surface area contributed by atoms with Crippen LogP contribution in [0.5, 0.6) is 0 Å². The summed E-state index contributed by atoms with van der Waals surface area (Å²) in [4.78, 5) is 57.9. The number of hydrogen-bond donors (Lipinski definition) is 7. The first-order valence-corrected chi connectivity index (χ1v) is 10.3. The van der Waals surface area contributed by atoms with Crippen molar-refractivity contribution in [1.29, 1.82) is 0 Å². The zero-order chi connectivity index (χ0) is 23.9. The monoisotopic (exact) mass is 517 g/mol. The van der Waals surface area contributed by atoms with Gasteiger partial charge in [-0.1, -0.05) is 23.2 Å². The number of halogens is 3. The second kappa shape index (κ2) is 12.0. The number of alkyl halides is 1. The molecule has 1 rings (SSSR count). The minimum absolute atomic E-state index is 0.139. The van der Waals surface area contributed by atoms with Crippen LogP contribution in [0.3, 0.4) is 0 Å². The number of hydrogen-bond acceptors (Lipinski definition) is 8. The standard InChI is InChI=1S/C16H18Cl3N3O8S/c17-9-10(18)14(27)12(11(19)13(9)26)22-5(16(29)30)1-2-7(23)21-6(4-31)15(28)20-3-8(24)25/h5-6,11,22,27,31H,1-4H2,(H,20,28)(H,21,23)(H,24,25)(H,29,30)/t5-,6-,11?/m0/s1. The molecule has 3 atom stereocenters. The van der Waals surface area contributed by atoms with Crippen molar-refractivity contribution in [3.63, 3.8) is 0 Å². The maximum Gasteiger partial charge on any atom is 0.326 e. The van der Waals surface area contributed by atoms with Crippen LogP contribution in [0.4, 0.5) is 0 Å². The Bertz CT molecular complexity index is 848. The van der Waals surface area contributed by atoms with Crippen LogP contribution < -0.4 is 16.0 Å². The number of aliphatic hydroxyl groups excluding tert-OH is 1. The van der Waals surface area contributed by atoms with E-state index in [0.717, 1.165) is 0 Å². The molecule has 31 heavy (non-hydrogen) atoms. The second-order valence-electron chi connectivity index (χ2n) is 6.11. The predicted octanol–water partition coefficient (Wildman–Crippen LogP) is 0.0737. The number of amides is 2. The highest BCUT2D eigenvalue weighted by atomic mass is 35.5. The number of carboxylic acid groups (broad SMARTS) is 2. The molecule has 0 radical (unpaired) electrons. The molecule has 11 nitrogen and oxygen atoms in total. The number of ketones is 1. The van der Waals surface area contributed by atoms with Gasteiger partial charge in [0.1, 0.15) is 34.1 Å². The zero-order valence-corrected chi connectivity index (χ0v) is 18.7. The Kier molecular flexibility index (Phi) is 10.4. The van der Waals surface area contributed by atoms with Gasteiger partial charge in [-0.25, -0.2) is 4.79 Å². The molecule has 1 aliphatic rings. The first-order valence-electron chi connectivity index (χ1n) is 8.46. The van der Waals surface area contributed by atoms with Crippen molar-refractivity contribution in [1.82, 2.24) is 16.0 Å². The average Bonchev–Trinajstić information content (AvgIpc) is 2.72. The number of Topliss-reactive ketones (excluding diaryl/α,β-unsaturated/α-hetero) is 1. The molecule has 6 N–H and O–H groups in total. The quantitative estimate of drug-likeness (QED) is 0.147. The molecule has 15 heteroatoms. The normalized spacial score (nSPS) is 18.3. The van der Waals surface area contributed by atoms with E-state index >= 15 is 0 Å². The maximum atomic E-state index is 12.1. The summed E-state index contributed by atoms with van der Waals surface area (Å²) in [5, 5.41) is 32.2.